The zero-order valence-electron chi connectivity index (χ0n) is 11.8. The van der Waals surface area contributed by atoms with E-state index in [1.165, 1.54) is 17.7 Å². The molecule has 21 heavy (non-hydrogen) atoms. The fourth-order valence-corrected chi connectivity index (χ4v) is 2.21. The topological polar surface area (TPSA) is 61.8 Å². The average molecular weight is 287 g/mol. The molecule has 0 bridgehead atoms. The van der Waals surface area contributed by atoms with Crippen LogP contribution >= 0.6 is 0 Å². The van der Waals surface area contributed by atoms with Gasteiger partial charge in [-0.3, -0.25) is 4.90 Å². The molecule has 0 saturated carbocycles. The van der Waals surface area contributed by atoms with Crippen molar-refractivity contribution >= 4 is 5.84 Å². The van der Waals surface area contributed by atoms with E-state index in [-0.39, 0.29) is 5.84 Å². The first-order valence-electron chi connectivity index (χ1n) is 6.58. The van der Waals surface area contributed by atoms with E-state index >= 15 is 0 Å². The average Bonchev–Trinajstić information content (AvgIpc) is 2.46. The lowest BCUT2D eigenvalue weighted by Gasteiger charge is -2.17. The Labute approximate surface area is 123 Å². The van der Waals surface area contributed by atoms with E-state index in [4.69, 9.17) is 10.9 Å². The van der Waals surface area contributed by atoms with E-state index in [9.17, 15) is 4.39 Å². The van der Waals surface area contributed by atoms with E-state index in [2.05, 4.69) is 10.1 Å². The summed E-state index contributed by atoms with van der Waals surface area (Å²) >= 11 is 0. The molecule has 0 atom stereocenters. The molecule has 0 unspecified atom stereocenters. The molecule has 5 heteroatoms. The van der Waals surface area contributed by atoms with Crippen LogP contribution in [0.25, 0.3) is 0 Å². The van der Waals surface area contributed by atoms with Crippen molar-refractivity contribution in [2.45, 2.75) is 13.1 Å². The van der Waals surface area contributed by atoms with Crippen LogP contribution in [0.15, 0.2) is 53.7 Å². The second-order valence-corrected chi connectivity index (χ2v) is 4.99. The number of halogens is 1. The molecule has 0 radical (unpaired) electrons. The van der Waals surface area contributed by atoms with Gasteiger partial charge in [0.05, 0.1) is 0 Å². The maximum atomic E-state index is 13.6. The van der Waals surface area contributed by atoms with Gasteiger partial charge in [-0.1, -0.05) is 35.5 Å². The Balaban J connectivity index is 2.10. The number of nitrogens with zero attached hydrogens (tertiary/aromatic N) is 2. The van der Waals surface area contributed by atoms with Crippen LogP contribution in [0.3, 0.4) is 0 Å². The Morgan fingerprint density at radius 3 is 2.48 bits per heavy atom. The molecule has 110 valence electrons. The second-order valence-electron chi connectivity index (χ2n) is 4.99. The van der Waals surface area contributed by atoms with Gasteiger partial charge in [-0.25, -0.2) is 4.39 Å². The highest BCUT2D eigenvalue weighted by molar-refractivity contribution is 5.97. The Bertz CT molecular complexity index is 629. The first kappa shape index (κ1) is 15.0. The number of amidine groups is 1. The van der Waals surface area contributed by atoms with Crippen LogP contribution in [0, 0.1) is 5.82 Å². The number of hydrogen-bond acceptors (Lipinski definition) is 3. The van der Waals surface area contributed by atoms with Crippen molar-refractivity contribution in [3.8, 4) is 0 Å². The van der Waals surface area contributed by atoms with Crippen molar-refractivity contribution in [2.24, 2.45) is 10.9 Å². The lowest BCUT2D eigenvalue weighted by molar-refractivity contribution is 0.317. The largest absolute Gasteiger partial charge is 0.409 e. The van der Waals surface area contributed by atoms with Gasteiger partial charge in [-0.2, -0.15) is 0 Å². The van der Waals surface area contributed by atoms with Gasteiger partial charge in [0, 0.05) is 18.7 Å². The standard InChI is InChI=1S/C16H18FN3O/c1-20(10-12-5-3-2-4-6-12)11-13-7-14(16(18)19-21)9-15(17)8-13/h2-9,21H,10-11H2,1H3,(H2,18,19). The first-order valence-corrected chi connectivity index (χ1v) is 6.58. The predicted molar refractivity (Wildman–Crippen MR) is 80.5 cm³/mol. The molecule has 0 amide bonds. The third-order valence-electron chi connectivity index (χ3n) is 3.11. The maximum absolute atomic E-state index is 13.6. The lowest BCUT2D eigenvalue weighted by Crippen LogP contribution is -2.18. The van der Waals surface area contributed by atoms with Crippen LogP contribution in [-0.2, 0) is 13.1 Å². The molecule has 0 spiro atoms. The SMILES string of the molecule is CN(Cc1ccccc1)Cc1cc(F)cc(/C(N)=N/O)c1. The van der Waals surface area contributed by atoms with Crippen LogP contribution in [-0.4, -0.2) is 23.0 Å². The first-order chi connectivity index (χ1) is 10.1. The zero-order chi connectivity index (χ0) is 15.2. The van der Waals surface area contributed by atoms with E-state index in [0.717, 1.165) is 12.1 Å². The lowest BCUT2D eigenvalue weighted by atomic mass is 10.1. The van der Waals surface area contributed by atoms with Crippen LogP contribution in [0.5, 0.6) is 0 Å². The van der Waals surface area contributed by atoms with Crippen molar-refractivity contribution in [3.63, 3.8) is 0 Å². The minimum atomic E-state index is -0.401. The number of rotatable bonds is 5. The Hall–Kier alpha value is -2.40. The summed E-state index contributed by atoms with van der Waals surface area (Å²) in [5.41, 5.74) is 7.84. The van der Waals surface area contributed by atoms with E-state index < -0.39 is 5.82 Å². The quantitative estimate of drug-likeness (QED) is 0.384. The molecular weight excluding hydrogens is 269 g/mol. The molecule has 2 rings (SSSR count). The van der Waals surface area contributed by atoms with Gasteiger partial charge in [0.2, 0.25) is 0 Å². The summed E-state index contributed by atoms with van der Waals surface area (Å²) in [5.74, 6) is -0.497. The van der Waals surface area contributed by atoms with E-state index in [0.29, 0.717) is 12.1 Å². The molecule has 0 aliphatic heterocycles. The highest BCUT2D eigenvalue weighted by atomic mass is 19.1. The summed E-state index contributed by atoms with van der Waals surface area (Å²) < 4.78 is 13.6. The molecule has 0 heterocycles. The van der Waals surface area contributed by atoms with E-state index in [1.54, 1.807) is 6.07 Å². The van der Waals surface area contributed by atoms with Crippen molar-refractivity contribution in [1.82, 2.24) is 4.90 Å². The highest BCUT2D eigenvalue weighted by Crippen LogP contribution is 2.13. The minimum Gasteiger partial charge on any atom is -0.409 e. The molecule has 0 saturated heterocycles. The Morgan fingerprint density at radius 1 is 1.14 bits per heavy atom. The third kappa shape index (κ3) is 4.29. The molecule has 0 aromatic heterocycles. The molecule has 0 aliphatic rings. The van der Waals surface area contributed by atoms with Gasteiger partial charge in [0.1, 0.15) is 5.82 Å². The van der Waals surface area contributed by atoms with Crippen molar-refractivity contribution in [2.75, 3.05) is 7.05 Å². The van der Waals surface area contributed by atoms with Crippen LogP contribution in [0.2, 0.25) is 0 Å². The fraction of sp³-hybridized carbons (Fsp3) is 0.188. The fourth-order valence-electron chi connectivity index (χ4n) is 2.21. The Morgan fingerprint density at radius 2 is 1.81 bits per heavy atom. The molecule has 2 aromatic carbocycles. The number of benzene rings is 2. The smallest absolute Gasteiger partial charge is 0.170 e. The Kier molecular flexibility index (Phi) is 4.90. The zero-order valence-corrected chi connectivity index (χ0v) is 11.8. The van der Waals surface area contributed by atoms with Crippen molar-refractivity contribution in [1.29, 1.82) is 0 Å². The summed E-state index contributed by atoms with van der Waals surface area (Å²) in [6, 6.07) is 14.5. The van der Waals surface area contributed by atoms with Crippen LogP contribution in [0.1, 0.15) is 16.7 Å². The predicted octanol–water partition coefficient (Wildman–Crippen LogP) is 2.55. The highest BCUT2D eigenvalue weighted by Gasteiger charge is 2.07. The number of hydrogen-bond donors (Lipinski definition) is 2. The number of oxime groups is 1. The summed E-state index contributed by atoms with van der Waals surface area (Å²) in [6.45, 7) is 1.33. The summed E-state index contributed by atoms with van der Waals surface area (Å²) in [5, 5.41) is 11.6. The number of nitrogens with two attached hydrogens (primary N) is 1. The normalized spacial score (nSPS) is 11.9. The van der Waals surface area contributed by atoms with Gasteiger partial charge >= 0.3 is 0 Å². The van der Waals surface area contributed by atoms with Crippen molar-refractivity contribution < 1.29 is 9.60 Å². The molecular formula is C16H18FN3O. The van der Waals surface area contributed by atoms with Gasteiger partial charge in [-0.05, 0) is 36.4 Å². The van der Waals surface area contributed by atoms with Gasteiger partial charge in [-0.15, -0.1) is 0 Å². The molecule has 0 fully saturated rings. The summed E-state index contributed by atoms with van der Waals surface area (Å²) in [4.78, 5) is 2.07. The van der Waals surface area contributed by atoms with Gasteiger partial charge < -0.3 is 10.9 Å². The monoisotopic (exact) mass is 287 g/mol. The van der Waals surface area contributed by atoms with Gasteiger partial charge in [0.15, 0.2) is 5.84 Å². The van der Waals surface area contributed by atoms with E-state index in [1.807, 2.05) is 37.4 Å². The minimum absolute atomic E-state index is 0.0959. The molecule has 4 nitrogen and oxygen atoms in total. The molecule has 0 aliphatic carbocycles. The van der Waals surface area contributed by atoms with Crippen LogP contribution < -0.4 is 5.73 Å². The summed E-state index contributed by atoms with van der Waals surface area (Å²) in [7, 11) is 1.96. The maximum Gasteiger partial charge on any atom is 0.170 e. The third-order valence-corrected chi connectivity index (χ3v) is 3.11. The molecule has 2 aromatic rings. The summed E-state index contributed by atoms with van der Waals surface area (Å²) in [6.07, 6.45) is 0. The second kappa shape index (κ2) is 6.85. The molecule has 3 N–H and O–H groups in total. The van der Waals surface area contributed by atoms with Crippen molar-refractivity contribution in [3.05, 3.63) is 71.0 Å². The van der Waals surface area contributed by atoms with Crippen LogP contribution in [0.4, 0.5) is 4.39 Å². The van der Waals surface area contributed by atoms with Gasteiger partial charge in [0.25, 0.3) is 0 Å².